The Morgan fingerprint density at radius 3 is 1.33 bits per heavy atom. The van der Waals surface area contributed by atoms with Gasteiger partial charge in [0, 0.05) is 50.1 Å². The number of benzene rings is 4. The van der Waals surface area contributed by atoms with Gasteiger partial charge in [0.2, 0.25) is 0 Å². The fourth-order valence-corrected chi connectivity index (χ4v) is 10.4. The summed E-state index contributed by atoms with van der Waals surface area (Å²) < 4.78 is 8.48. The van der Waals surface area contributed by atoms with Gasteiger partial charge in [-0.2, -0.15) is 0 Å². The summed E-state index contributed by atoms with van der Waals surface area (Å²) >= 11 is 7.76. The molecule has 4 heterocycles. The molecule has 36 heavy (non-hydrogen) atoms. The molecule has 8 aromatic rings. The monoisotopic (exact) mass is 532 g/mol. The lowest BCUT2D eigenvalue weighted by atomic mass is 10.1. The molecule has 4 aromatic heterocycles. The SMILES string of the molecule is Cc1cccc(-c2cc3c(ccc4c3sc3c5ccc6sc(-c7cccc(C)c7)cc6c5sc43)s2)c1. The van der Waals surface area contributed by atoms with Crippen LogP contribution in [0.25, 0.3) is 70.6 Å². The largest absolute Gasteiger partial charge is 0.135 e. The third-order valence-corrected chi connectivity index (χ3v) is 12.0. The zero-order valence-electron chi connectivity index (χ0n) is 19.7. The Kier molecular flexibility index (Phi) is 4.54. The molecule has 0 bridgehead atoms. The molecule has 0 aliphatic rings. The zero-order valence-corrected chi connectivity index (χ0v) is 23.0. The molecule has 0 saturated carbocycles. The maximum atomic E-state index is 2.41. The van der Waals surface area contributed by atoms with Crippen molar-refractivity contribution >= 4 is 95.1 Å². The van der Waals surface area contributed by atoms with E-state index in [1.165, 1.54) is 81.8 Å². The lowest BCUT2D eigenvalue weighted by molar-refractivity contribution is 1.48. The van der Waals surface area contributed by atoms with E-state index in [1.807, 2.05) is 45.3 Å². The van der Waals surface area contributed by atoms with Crippen LogP contribution in [-0.2, 0) is 0 Å². The minimum absolute atomic E-state index is 1.31. The van der Waals surface area contributed by atoms with Gasteiger partial charge in [0.15, 0.2) is 0 Å². The molecule has 0 amide bonds. The minimum atomic E-state index is 1.31. The molecule has 8 rings (SSSR count). The Morgan fingerprint density at radius 2 is 0.889 bits per heavy atom. The van der Waals surface area contributed by atoms with Crippen molar-refractivity contribution in [1.29, 1.82) is 0 Å². The van der Waals surface area contributed by atoms with Gasteiger partial charge >= 0.3 is 0 Å². The second-order valence-corrected chi connectivity index (χ2v) is 13.7. The highest BCUT2D eigenvalue weighted by Gasteiger charge is 2.18. The predicted octanol–water partition coefficient (Wildman–Crippen LogP) is 11.6. The van der Waals surface area contributed by atoms with Crippen molar-refractivity contribution in [2.24, 2.45) is 0 Å². The van der Waals surface area contributed by atoms with Crippen LogP contribution in [0.15, 0.2) is 84.9 Å². The molecule has 172 valence electrons. The maximum Gasteiger partial charge on any atom is 0.0542 e. The lowest BCUT2D eigenvalue weighted by Crippen LogP contribution is -1.73. The minimum Gasteiger partial charge on any atom is -0.135 e. The number of rotatable bonds is 2. The molecule has 0 aliphatic carbocycles. The third kappa shape index (κ3) is 3.09. The molecule has 0 N–H and O–H groups in total. The van der Waals surface area contributed by atoms with Gasteiger partial charge in [-0.05, 0) is 49.2 Å². The quantitative estimate of drug-likeness (QED) is 0.208. The lowest BCUT2D eigenvalue weighted by Gasteiger charge is -1.97. The predicted molar refractivity (Wildman–Crippen MR) is 166 cm³/mol. The molecule has 0 atom stereocenters. The van der Waals surface area contributed by atoms with Crippen molar-refractivity contribution in [3.63, 3.8) is 0 Å². The summed E-state index contributed by atoms with van der Waals surface area (Å²) in [5.74, 6) is 0. The Morgan fingerprint density at radius 1 is 0.417 bits per heavy atom. The van der Waals surface area contributed by atoms with Gasteiger partial charge < -0.3 is 0 Å². The van der Waals surface area contributed by atoms with E-state index in [0.717, 1.165) is 0 Å². The molecule has 0 aliphatic heterocycles. The van der Waals surface area contributed by atoms with E-state index in [2.05, 4.69) is 98.8 Å². The maximum absolute atomic E-state index is 2.41. The van der Waals surface area contributed by atoms with Crippen molar-refractivity contribution in [2.45, 2.75) is 13.8 Å². The number of fused-ring (bicyclic) bond motifs is 9. The van der Waals surface area contributed by atoms with Crippen molar-refractivity contribution in [1.82, 2.24) is 0 Å². The van der Waals surface area contributed by atoms with Gasteiger partial charge in [-0.3, -0.25) is 0 Å². The van der Waals surface area contributed by atoms with Gasteiger partial charge in [-0.15, -0.1) is 45.3 Å². The highest BCUT2D eigenvalue weighted by atomic mass is 32.1. The van der Waals surface area contributed by atoms with Gasteiger partial charge in [0.1, 0.15) is 0 Å². The van der Waals surface area contributed by atoms with Crippen LogP contribution >= 0.6 is 45.3 Å². The average molecular weight is 533 g/mol. The summed E-state index contributed by atoms with van der Waals surface area (Å²) in [7, 11) is 0. The van der Waals surface area contributed by atoms with Crippen LogP contribution in [0.4, 0.5) is 0 Å². The van der Waals surface area contributed by atoms with Gasteiger partial charge in [-0.1, -0.05) is 71.8 Å². The van der Waals surface area contributed by atoms with Crippen LogP contribution in [0, 0.1) is 13.8 Å². The topological polar surface area (TPSA) is 0 Å². The summed E-state index contributed by atoms with van der Waals surface area (Å²) in [5.41, 5.74) is 5.25. The van der Waals surface area contributed by atoms with Crippen LogP contribution in [-0.4, -0.2) is 0 Å². The second-order valence-electron chi connectivity index (χ2n) is 9.53. The van der Waals surface area contributed by atoms with Crippen molar-refractivity contribution in [3.05, 3.63) is 96.1 Å². The van der Waals surface area contributed by atoms with E-state index < -0.39 is 0 Å². The first-order valence-electron chi connectivity index (χ1n) is 12.0. The van der Waals surface area contributed by atoms with E-state index >= 15 is 0 Å². The first-order valence-corrected chi connectivity index (χ1v) is 15.3. The molecule has 0 nitrogen and oxygen atoms in total. The molecular weight excluding hydrogens is 513 g/mol. The van der Waals surface area contributed by atoms with E-state index in [0.29, 0.717) is 0 Å². The summed E-state index contributed by atoms with van der Waals surface area (Å²) in [5, 5.41) is 5.60. The van der Waals surface area contributed by atoms with Crippen LogP contribution in [0.1, 0.15) is 11.1 Å². The molecular formula is C32H20S4. The number of hydrogen-bond acceptors (Lipinski definition) is 4. The van der Waals surface area contributed by atoms with E-state index in [-0.39, 0.29) is 0 Å². The first-order chi connectivity index (χ1) is 17.6. The van der Waals surface area contributed by atoms with Crippen LogP contribution in [0.2, 0.25) is 0 Å². The molecule has 0 saturated heterocycles. The Bertz CT molecular complexity index is 1970. The Labute approximate surface area is 224 Å². The van der Waals surface area contributed by atoms with Crippen LogP contribution < -0.4 is 0 Å². The van der Waals surface area contributed by atoms with E-state index in [4.69, 9.17) is 0 Å². The molecule has 0 spiro atoms. The first kappa shape index (κ1) is 21.1. The summed E-state index contributed by atoms with van der Waals surface area (Å²) in [6.45, 7) is 4.34. The average Bonchev–Trinajstić information content (AvgIpc) is 3.63. The highest BCUT2D eigenvalue weighted by molar-refractivity contribution is 7.38. The number of thiophene rings is 4. The van der Waals surface area contributed by atoms with Crippen LogP contribution in [0.3, 0.4) is 0 Å². The summed E-state index contributed by atoms with van der Waals surface area (Å²) in [4.78, 5) is 2.71. The van der Waals surface area contributed by atoms with Gasteiger partial charge in [0.05, 0.1) is 9.40 Å². The van der Waals surface area contributed by atoms with Gasteiger partial charge in [0.25, 0.3) is 0 Å². The molecule has 0 radical (unpaired) electrons. The molecule has 0 unspecified atom stereocenters. The van der Waals surface area contributed by atoms with Crippen molar-refractivity contribution < 1.29 is 0 Å². The third-order valence-electron chi connectivity index (χ3n) is 7.01. The standard InChI is InChI=1S/C32H20S4/c1-17-5-3-7-19(13-17)27-15-23-25(33-27)11-9-21-29(23)35-32-22-10-12-26-24(30(22)36-31(21)32)16-28(34-26)20-8-4-6-18(2)14-20/h3-16H,1-2H3. The second kappa shape index (κ2) is 7.74. The van der Waals surface area contributed by atoms with E-state index in [1.54, 1.807) is 0 Å². The number of aryl methyl sites for hydroxylation is 2. The Balaban J connectivity index is 1.34. The summed E-state index contributed by atoms with van der Waals surface area (Å²) in [6.07, 6.45) is 0. The normalized spacial score (nSPS) is 12.2. The fraction of sp³-hybridized carbons (Fsp3) is 0.0625. The Hall–Kier alpha value is -3.02. The fourth-order valence-electron chi connectivity index (χ4n) is 5.28. The molecule has 4 aromatic carbocycles. The smallest absolute Gasteiger partial charge is 0.0542 e. The van der Waals surface area contributed by atoms with Crippen molar-refractivity contribution in [3.8, 4) is 20.9 Å². The zero-order chi connectivity index (χ0) is 24.0. The number of hydrogen-bond donors (Lipinski definition) is 0. The van der Waals surface area contributed by atoms with Gasteiger partial charge in [-0.25, -0.2) is 0 Å². The molecule has 0 fully saturated rings. The van der Waals surface area contributed by atoms with Crippen molar-refractivity contribution in [2.75, 3.05) is 0 Å². The molecule has 4 heteroatoms. The van der Waals surface area contributed by atoms with E-state index in [9.17, 15) is 0 Å². The highest BCUT2D eigenvalue weighted by Crippen LogP contribution is 2.50. The van der Waals surface area contributed by atoms with Crippen LogP contribution in [0.5, 0.6) is 0 Å². The summed E-state index contributed by atoms with van der Waals surface area (Å²) in [6, 6.07) is 31.9.